The Morgan fingerprint density at radius 3 is 2.43 bits per heavy atom. The zero-order chi connectivity index (χ0) is 15.5. The largest absolute Gasteiger partial charge is 0.365 e. The summed E-state index contributed by atoms with van der Waals surface area (Å²) in [5.74, 6) is 0.661. The van der Waals surface area contributed by atoms with E-state index in [1.165, 1.54) is 30.5 Å². The highest BCUT2D eigenvalue weighted by molar-refractivity contribution is 5.50. The van der Waals surface area contributed by atoms with Crippen molar-refractivity contribution in [2.75, 3.05) is 18.0 Å². The maximum Gasteiger partial charge on any atom is 0.0438 e. The van der Waals surface area contributed by atoms with Crippen molar-refractivity contribution in [3.8, 4) is 0 Å². The Morgan fingerprint density at radius 2 is 1.90 bits per heavy atom. The van der Waals surface area contributed by atoms with Gasteiger partial charge in [-0.3, -0.25) is 0 Å². The maximum atomic E-state index is 3.77. The molecular weight excluding hydrogens is 256 g/mol. The van der Waals surface area contributed by atoms with Gasteiger partial charge in [-0.15, -0.1) is 0 Å². The molecule has 1 aliphatic heterocycles. The molecule has 0 spiro atoms. The Balaban J connectivity index is 2.22. The van der Waals surface area contributed by atoms with E-state index in [-0.39, 0.29) is 5.54 Å². The number of aryl methyl sites for hydroxylation is 1. The third-order valence-corrected chi connectivity index (χ3v) is 5.01. The number of anilines is 1. The minimum Gasteiger partial charge on any atom is -0.365 e. The van der Waals surface area contributed by atoms with Crippen LogP contribution in [0, 0.1) is 5.92 Å². The van der Waals surface area contributed by atoms with E-state index < -0.39 is 0 Å². The second-order valence-electron chi connectivity index (χ2n) is 7.15. The van der Waals surface area contributed by atoms with E-state index in [1.54, 1.807) is 0 Å². The number of hydrogen-bond acceptors (Lipinski definition) is 2. The highest BCUT2D eigenvalue weighted by Crippen LogP contribution is 2.28. The molecule has 0 amide bonds. The van der Waals surface area contributed by atoms with Crippen molar-refractivity contribution in [2.45, 2.75) is 65.5 Å². The van der Waals surface area contributed by atoms with E-state index in [0.717, 1.165) is 13.1 Å². The van der Waals surface area contributed by atoms with E-state index in [4.69, 9.17) is 0 Å². The third kappa shape index (κ3) is 3.79. The Labute approximate surface area is 130 Å². The molecule has 1 aliphatic rings. The first-order valence-electron chi connectivity index (χ1n) is 8.59. The van der Waals surface area contributed by atoms with Crippen LogP contribution >= 0.6 is 0 Å². The molecule has 1 heterocycles. The molecule has 0 radical (unpaired) electrons. The summed E-state index contributed by atoms with van der Waals surface area (Å²) in [6.07, 6.45) is 3.57. The number of hydrogen-bond donors (Lipinski definition) is 1. The van der Waals surface area contributed by atoms with E-state index in [1.807, 2.05) is 0 Å². The van der Waals surface area contributed by atoms with Gasteiger partial charge in [-0.2, -0.15) is 0 Å². The Hall–Kier alpha value is -1.02. The van der Waals surface area contributed by atoms with Gasteiger partial charge in [0.05, 0.1) is 0 Å². The SMILES string of the molecule is CCCc1ccc(N2CC(C)(CC)NCC2C(C)C)cc1. The molecule has 1 fully saturated rings. The Bertz CT molecular complexity index is 437. The molecular formula is C19H32N2. The number of nitrogens with one attached hydrogen (secondary N) is 1. The summed E-state index contributed by atoms with van der Waals surface area (Å²) in [6.45, 7) is 13.7. The van der Waals surface area contributed by atoms with Gasteiger partial charge in [-0.25, -0.2) is 0 Å². The lowest BCUT2D eigenvalue weighted by atomic mass is 9.89. The van der Waals surface area contributed by atoms with E-state index >= 15 is 0 Å². The number of benzene rings is 1. The summed E-state index contributed by atoms with van der Waals surface area (Å²) < 4.78 is 0. The van der Waals surface area contributed by atoms with Crippen molar-refractivity contribution in [3.05, 3.63) is 29.8 Å². The summed E-state index contributed by atoms with van der Waals surface area (Å²) in [5.41, 5.74) is 3.07. The molecule has 2 unspecified atom stereocenters. The van der Waals surface area contributed by atoms with Crippen LogP contribution in [-0.4, -0.2) is 24.7 Å². The highest BCUT2D eigenvalue weighted by Gasteiger charge is 2.35. The second-order valence-corrected chi connectivity index (χ2v) is 7.15. The Kier molecular flexibility index (Phi) is 5.32. The van der Waals surface area contributed by atoms with Gasteiger partial charge in [0.25, 0.3) is 0 Å². The molecule has 2 nitrogen and oxygen atoms in total. The summed E-state index contributed by atoms with van der Waals surface area (Å²) in [5, 5.41) is 3.77. The molecule has 0 aromatic heterocycles. The van der Waals surface area contributed by atoms with Crippen molar-refractivity contribution < 1.29 is 0 Å². The molecule has 2 heteroatoms. The van der Waals surface area contributed by atoms with Crippen LogP contribution in [0.15, 0.2) is 24.3 Å². The molecule has 1 saturated heterocycles. The Morgan fingerprint density at radius 1 is 1.24 bits per heavy atom. The van der Waals surface area contributed by atoms with Crippen LogP contribution in [0.2, 0.25) is 0 Å². The minimum absolute atomic E-state index is 0.230. The fourth-order valence-electron chi connectivity index (χ4n) is 3.27. The van der Waals surface area contributed by atoms with Crippen LogP contribution in [0.1, 0.15) is 53.0 Å². The summed E-state index contributed by atoms with van der Waals surface area (Å²) in [4.78, 5) is 2.63. The molecule has 2 atom stereocenters. The summed E-state index contributed by atoms with van der Waals surface area (Å²) in [7, 11) is 0. The molecule has 1 aromatic rings. The van der Waals surface area contributed by atoms with Gasteiger partial charge in [-0.1, -0.05) is 46.2 Å². The molecule has 0 aliphatic carbocycles. The lowest BCUT2D eigenvalue weighted by molar-refractivity contribution is 0.253. The number of rotatable bonds is 5. The van der Waals surface area contributed by atoms with Gasteiger partial charge in [0, 0.05) is 30.4 Å². The first kappa shape index (κ1) is 16.4. The van der Waals surface area contributed by atoms with Crippen molar-refractivity contribution in [3.63, 3.8) is 0 Å². The van der Waals surface area contributed by atoms with Crippen LogP contribution in [0.4, 0.5) is 5.69 Å². The van der Waals surface area contributed by atoms with E-state index in [9.17, 15) is 0 Å². The summed E-state index contributed by atoms with van der Waals surface area (Å²) >= 11 is 0. The fraction of sp³-hybridized carbons (Fsp3) is 0.684. The third-order valence-electron chi connectivity index (χ3n) is 5.01. The van der Waals surface area contributed by atoms with E-state index in [0.29, 0.717) is 12.0 Å². The standard InChI is InChI=1S/C19H32N2/c1-6-8-16-9-11-17(12-10-16)21-14-19(5,7-2)20-13-18(21)15(3)4/h9-12,15,18,20H,6-8,13-14H2,1-5H3. The minimum atomic E-state index is 0.230. The van der Waals surface area contributed by atoms with Crippen LogP contribution in [0.3, 0.4) is 0 Å². The van der Waals surface area contributed by atoms with Crippen LogP contribution in [-0.2, 0) is 6.42 Å². The smallest absolute Gasteiger partial charge is 0.0438 e. The van der Waals surface area contributed by atoms with Gasteiger partial charge in [0.1, 0.15) is 0 Å². The first-order chi connectivity index (χ1) is 9.99. The quantitative estimate of drug-likeness (QED) is 0.871. The zero-order valence-electron chi connectivity index (χ0n) is 14.4. The molecule has 0 saturated carbocycles. The highest BCUT2D eigenvalue weighted by atomic mass is 15.3. The average molecular weight is 288 g/mol. The summed E-state index contributed by atoms with van der Waals surface area (Å²) in [6, 6.07) is 9.84. The van der Waals surface area contributed by atoms with Gasteiger partial charge >= 0.3 is 0 Å². The van der Waals surface area contributed by atoms with Crippen molar-refractivity contribution in [1.29, 1.82) is 0 Å². The van der Waals surface area contributed by atoms with Gasteiger partial charge in [0.2, 0.25) is 0 Å². The zero-order valence-corrected chi connectivity index (χ0v) is 14.4. The molecule has 1 aromatic carbocycles. The predicted octanol–water partition coefficient (Wildman–Crippen LogP) is 4.24. The average Bonchev–Trinajstić information content (AvgIpc) is 2.48. The lowest BCUT2D eigenvalue weighted by Gasteiger charge is -2.48. The molecule has 118 valence electrons. The first-order valence-corrected chi connectivity index (χ1v) is 8.59. The van der Waals surface area contributed by atoms with Crippen molar-refractivity contribution in [2.24, 2.45) is 5.92 Å². The van der Waals surface area contributed by atoms with Gasteiger partial charge in [-0.05, 0) is 43.4 Å². The van der Waals surface area contributed by atoms with Gasteiger partial charge < -0.3 is 10.2 Å². The number of nitrogens with zero attached hydrogens (tertiary/aromatic N) is 1. The number of piperazine rings is 1. The van der Waals surface area contributed by atoms with Gasteiger partial charge in [0.15, 0.2) is 0 Å². The fourth-order valence-corrected chi connectivity index (χ4v) is 3.27. The lowest BCUT2D eigenvalue weighted by Crippen LogP contribution is -2.64. The predicted molar refractivity (Wildman–Crippen MR) is 93.1 cm³/mol. The molecule has 2 rings (SSSR count). The van der Waals surface area contributed by atoms with Crippen LogP contribution in [0.5, 0.6) is 0 Å². The second kappa shape index (κ2) is 6.83. The molecule has 21 heavy (non-hydrogen) atoms. The topological polar surface area (TPSA) is 15.3 Å². The molecule has 1 N–H and O–H groups in total. The van der Waals surface area contributed by atoms with Crippen LogP contribution in [0.25, 0.3) is 0 Å². The monoisotopic (exact) mass is 288 g/mol. The molecule has 0 bridgehead atoms. The van der Waals surface area contributed by atoms with Crippen molar-refractivity contribution in [1.82, 2.24) is 5.32 Å². The maximum absolute atomic E-state index is 3.77. The van der Waals surface area contributed by atoms with Crippen LogP contribution < -0.4 is 10.2 Å². The van der Waals surface area contributed by atoms with Crippen molar-refractivity contribution >= 4 is 5.69 Å². The normalized spacial score (nSPS) is 26.4. The van der Waals surface area contributed by atoms with E-state index in [2.05, 4.69) is 69.1 Å².